The molecule has 1 aliphatic carbocycles. The van der Waals surface area contributed by atoms with Gasteiger partial charge in [-0.3, -0.25) is 0 Å². The van der Waals surface area contributed by atoms with E-state index < -0.39 is 5.60 Å². The first kappa shape index (κ1) is 12.0. The van der Waals surface area contributed by atoms with Crippen LogP contribution in [0.15, 0.2) is 0 Å². The van der Waals surface area contributed by atoms with Gasteiger partial charge in [-0.1, -0.05) is 13.8 Å². The first-order valence-corrected chi connectivity index (χ1v) is 5.62. The number of hydrogen-bond donors (Lipinski definition) is 3. The molecule has 0 aliphatic heterocycles. The molecule has 14 heavy (non-hydrogen) atoms. The predicted octanol–water partition coefficient (Wildman–Crippen LogP) is 0.898. The van der Waals surface area contributed by atoms with E-state index in [1.54, 1.807) is 0 Å². The zero-order valence-corrected chi connectivity index (χ0v) is 9.29. The maximum Gasteiger partial charge on any atom is 0.0771 e. The van der Waals surface area contributed by atoms with E-state index in [4.69, 9.17) is 5.11 Å². The lowest BCUT2D eigenvalue weighted by Gasteiger charge is -2.38. The summed E-state index contributed by atoms with van der Waals surface area (Å²) in [5.41, 5.74) is -0.482. The van der Waals surface area contributed by atoms with Gasteiger partial charge in [-0.2, -0.15) is 0 Å². The van der Waals surface area contributed by atoms with Crippen molar-refractivity contribution in [1.82, 2.24) is 5.32 Å². The van der Waals surface area contributed by atoms with E-state index in [1.165, 1.54) is 0 Å². The van der Waals surface area contributed by atoms with Crippen molar-refractivity contribution in [2.75, 3.05) is 13.2 Å². The molecule has 0 amide bonds. The van der Waals surface area contributed by atoms with Crippen LogP contribution in [0.2, 0.25) is 0 Å². The molecule has 1 rings (SSSR count). The second-order valence-corrected chi connectivity index (χ2v) is 4.97. The summed E-state index contributed by atoms with van der Waals surface area (Å²) in [7, 11) is 0. The lowest BCUT2D eigenvalue weighted by atomic mass is 9.80. The minimum Gasteiger partial charge on any atom is -0.395 e. The predicted molar refractivity (Wildman–Crippen MR) is 57.1 cm³/mol. The molecule has 3 heteroatoms. The molecular formula is C11H23NO2. The van der Waals surface area contributed by atoms with Gasteiger partial charge in [-0.25, -0.2) is 0 Å². The molecule has 1 fully saturated rings. The molecule has 3 nitrogen and oxygen atoms in total. The summed E-state index contributed by atoms with van der Waals surface area (Å²) in [5.74, 6) is 0.579. The smallest absolute Gasteiger partial charge is 0.0771 e. The van der Waals surface area contributed by atoms with E-state index >= 15 is 0 Å². The standard InChI is InChI=1S/C11H23NO2/c1-9(2)6-10(7-13)12-8-11(14)4-3-5-11/h9-10,12-14H,3-8H2,1-2H3. The Morgan fingerprint density at radius 2 is 2.00 bits per heavy atom. The molecule has 84 valence electrons. The Bertz CT molecular complexity index is 167. The van der Waals surface area contributed by atoms with Crippen LogP contribution in [0.3, 0.4) is 0 Å². The summed E-state index contributed by atoms with van der Waals surface area (Å²) in [5, 5.41) is 22.2. The van der Waals surface area contributed by atoms with Crippen LogP contribution in [-0.2, 0) is 0 Å². The second kappa shape index (κ2) is 5.10. The second-order valence-electron chi connectivity index (χ2n) is 4.97. The molecule has 0 aromatic heterocycles. The molecule has 1 saturated carbocycles. The number of nitrogens with one attached hydrogen (secondary N) is 1. The lowest BCUT2D eigenvalue weighted by Crippen LogP contribution is -2.50. The van der Waals surface area contributed by atoms with Crippen LogP contribution in [-0.4, -0.2) is 35.0 Å². The number of aliphatic hydroxyl groups excluding tert-OH is 1. The van der Waals surface area contributed by atoms with Gasteiger partial charge in [-0.15, -0.1) is 0 Å². The third-order valence-electron chi connectivity index (χ3n) is 2.98. The highest BCUT2D eigenvalue weighted by atomic mass is 16.3. The van der Waals surface area contributed by atoms with Gasteiger partial charge in [0.1, 0.15) is 0 Å². The van der Waals surface area contributed by atoms with Crippen molar-refractivity contribution in [2.45, 2.75) is 51.2 Å². The van der Waals surface area contributed by atoms with E-state index in [0.717, 1.165) is 25.7 Å². The molecule has 1 aliphatic rings. The molecule has 0 aromatic rings. The molecule has 0 bridgehead atoms. The van der Waals surface area contributed by atoms with Crippen LogP contribution in [0.1, 0.15) is 39.5 Å². The quantitative estimate of drug-likeness (QED) is 0.598. The van der Waals surface area contributed by atoms with Crippen LogP contribution in [0.4, 0.5) is 0 Å². The monoisotopic (exact) mass is 201 g/mol. The van der Waals surface area contributed by atoms with Crippen molar-refractivity contribution >= 4 is 0 Å². The normalized spacial score (nSPS) is 22.1. The van der Waals surface area contributed by atoms with E-state index in [-0.39, 0.29) is 12.6 Å². The van der Waals surface area contributed by atoms with Gasteiger partial charge in [-0.05, 0) is 31.6 Å². The molecule has 3 N–H and O–H groups in total. The molecule has 1 atom stereocenters. The van der Waals surface area contributed by atoms with E-state index in [2.05, 4.69) is 19.2 Å². The first-order valence-electron chi connectivity index (χ1n) is 5.62. The molecule has 0 aromatic carbocycles. The van der Waals surface area contributed by atoms with Gasteiger partial charge < -0.3 is 15.5 Å². The number of rotatable bonds is 6. The van der Waals surface area contributed by atoms with Crippen LogP contribution < -0.4 is 5.32 Å². The topological polar surface area (TPSA) is 52.5 Å². The average Bonchev–Trinajstić information content (AvgIpc) is 2.08. The Morgan fingerprint density at radius 1 is 1.36 bits per heavy atom. The maximum atomic E-state index is 9.84. The van der Waals surface area contributed by atoms with Crippen molar-refractivity contribution in [2.24, 2.45) is 5.92 Å². The first-order chi connectivity index (χ1) is 6.56. The van der Waals surface area contributed by atoms with Gasteiger partial charge in [0.25, 0.3) is 0 Å². The molecule has 0 heterocycles. The number of hydrogen-bond acceptors (Lipinski definition) is 3. The van der Waals surface area contributed by atoms with Crippen LogP contribution >= 0.6 is 0 Å². The highest BCUT2D eigenvalue weighted by Crippen LogP contribution is 2.30. The Kier molecular flexibility index (Phi) is 4.35. The van der Waals surface area contributed by atoms with Crippen molar-refractivity contribution in [3.8, 4) is 0 Å². The highest BCUT2D eigenvalue weighted by molar-refractivity contribution is 4.90. The molecule has 0 radical (unpaired) electrons. The summed E-state index contributed by atoms with van der Waals surface area (Å²) >= 11 is 0. The Hall–Kier alpha value is -0.120. The van der Waals surface area contributed by atoms with Gasteiger partial charge in [0.05, 0.1) is 12.2 Å². The lowest BCUT2D eigenvalue weighted by molar-refractivity contribution is -0.0348. The Morgan fingerprint density at radius 3 is 2.36 bits per heavy atom. The fraction of sp³-hybridized carbons (Fsp3) is 1.00. The highest BCUT2D eigenvalue weighted by Gasteiger charge is 2.34. The zero-order valence-electron chi connectivity index (χ0n) is 9.29. The van der Waals surface area contributed by atoms with Gasteiger partial charge in [0.2, 0.25) is 0 Å². The maximum absolute atomic E-state index is 9.84. The third kappa shape index (κ3) is 3.56. The minimum atomic E-state index is -0.482. The zero-order chi connectivity index (χ0) is 10.6. The molecule has 1 unspecified atom stereocenters. The molecule has 0 saturated heterocycles. The largest absolute Gasteiger partial charge is 0.395 e. The molecule has 0 spiro atoms. The minimum absolute atomic E-state index is 0.139. The van der Waals surface area contributed by atoms with Crippen molar-refractivity contribution in [3.63, 3.8) is 0 Å². The summed E-state index contributed by atoms with van der Waals surface area (Å²) in [4.78, 5) is 0. The molecular weight excluding hydrogens is 178 g/mol. The van der Waals surface area contributed by atoms with Crippen molar-refractivity contribution in [3.05, 3.63) is 0 Å². The summed E-state index contributed by atoms with van der Waals surface area (Å²) in [6.45, 7) is 5.07. The van der Waals surface area contributed by atoms with Crippen LogP contribution in [0.25, 0.3) is 0 Å². The van der Waals surface area contributed by atoms with Gasteiger partial charge in [0, 0.05) is 12.6 Å². The van der Waals surface area contributed by atoms with Gasteiger partial charge in [0.15, 0.2) is 0 Å². The van der Waals surface area contributed by atoms with Gasteiger partial charge >= 0.3 is 0 Å². The van der Waals surface area contributed by atoms with Crippen LogP contribution in [0, 0.1) is 5.92 Å². The van der Waals surface area contributed by atoms with E-state index in [9.17, 15) is 5.11 Å². The SMILES string of the molecule is CC(C)CC(CO)NCC1(O)CCC1. The van der Waals surface area contributed by atoms with E-state index in [1.807, 2.05) is 0 Å². The summed E-state index contributed by atoms with van der Waals surface area (Å²) < 4.78 is 0. The Labute approximate surface area is 86.5 Å². The fourth-order valence-corrected chi connectivity index (χ4v) is 1.89. The number of aliphatic hydroxyl groups is 2. The third-order valence-corrected chi connectivity index (χ3v) is 2.98. The summed E-state index contributed by atoms with van der Waals surface area (Å²) in [6.07, 6.45) is 3.90. The van der Waals surface area contributed by atoms with E-state index in [0.29, 0.717) is 12.5 Å². The van der Waals surface area contributed by atoms with Crippen LogP contribution in [0.5, 0.6) is 0 Å². The Balaban J connectivity index is 2.19. The average molecular weight is 201 g/mol. The fourth-order valence-electron chi connectivity index (χ4n) is 1.89. The van der Waals surface area contributed by atoms with Crippen molar-refractivity contribution < 1.29 is 10.2 Å². The summed E-state index contributed by atoms with van der Waals surface area (Å²) in [6, 6.07) is 0.139. The van der Waals surface area contributed by atoms with Crippen molar-refractivity contribution in [1.29, 1.82) is 0 Å².